The number of hydrogen-bond acceptors (Lipinski definition) is 2. The number of piperidine rings is 1. The first-order chi connectivity index (χ1) is 7.36. The van der Waals surface area contributed by atoms with Gasteiger partial charge in [0.05, 0.1) is 5.92 Å². The van der Waals surface area contributed by atoms with Crippen molar-refractivity contribution in [3.8, 4) is 0 Å². The fourth-order valence-electron chi connectivity index (χ4n) is 2.63. The van der Waals surface area contributed by atoms with E-state index in [4.69, 9.17) is 0 Å². The second-order valence-corrected chi connectivity index (χ2v) is 5.11. The molecule has 4 nitrogen and oxygen atoms in total. The van der Waals surface area contributed by atoms with Crippen LogP contribution in [0.5, 0.6) is 0 Å². The third kappa shape index (κ3) is 2.36. The van der Waals surface area contributed by atoms with Gasteiger partial charge >= 0.3 is 5.97 Å². The minimum absolute atomic E-state index is 0.0713. The molecule has 0 radical (unpaired) electrons. The van der Waals surface area contributed by atoms with Crippen LogP contribution in [0.4, 0.5) is 0 Å². The Balaban J connectivity index is 3.01. The zero-order chi connectivity index (χ0) is 12.5. The number of aliphatic carboxylic acids is 1. The van der Waals surface area contributed by atoms with E-state index in [1.807, 2.05) is 27.7 Å². The summed E-state index contributed by atoms with van der Waals surface area (Å²) in [5.41, 5.74) is 0. The zero-order valence-corrected chi connectivity index (χ0v) is 10.4. The molecule has 0 aromatic rings. The van der Waals surface area contributed by atoms with Crippen molar-refractivity contribution in [3.63, 3.8) is 0 Å². The van der Waals surface area contributed by atoms with Gasteiger partial charge in [-0.2, -0.15) is 0 Å². The normalized spacial score (nSPS) is 26.6. The van der Waals surface area contributed by atoms with E-state index < -0.39 is 11.9 Å². The van der Waals surface area contributed by atoms with E-state index in [1.165, 1.54) is 0 Å². The standard InChI is InChI=1S/C12H21NO3/c1-7(2)11-9(12(15)16)5-6-10(14)13(11)8(3)4/h7-9,11H,5-6H2,1-4H3,(H,15,16)/t9-,11+/m0/s1. The highest BCUT2D eigenvalue weighted by atomic mass is 16.4. The second-order valence-electron chi connectivity index (χ2n) is 5.11. The lowest BCUT2D eigenvalue weighted by molar-refractivity contribution is -0.155. The van der Waals surface area contributed by atoms with Crippen LogP contribution in [0, 0.1) is 11.8 Å². The maximum atomic E-state index is 11.9. The first-order valence-electron chi connectivity index (χ1n) is 5.90. The van der Waals surface area contributed by atoms with Gasteiger partial charge in [0.25, 0.3) is 0 Å². The minimum atomic E-state index is -0.781. The number of likely N-dealkylation sites (tertiary alicyclic amines) is 1. The highest BCUT2D eigenvalue weighted by Gasteiger charge is 2.42. The van der Waals surface area contributed by atoms with Crippen molar-refractivity contribution in [3.05, 3.63) is 0 Å². The monoisotopic (exact) mass is 227 g/mol. The number of carbonyl (C=O) groups excluding carboxylic acids is 1. The average Bonchev–Trinajstić information content (AvgIpc) is 2.15. The summed E-state index contributed by atoms with van der Waals surface area (Å²) in [5, 5.41) is 9.21. The summed E-state index contributed by atoms with van der Waals surface area (Å²) in [6.07, 6.45) is 0.832. The zero-order valence-electron chi connectivity index (χ0n) is 10.4. The molecule has 0 unspecified atom stereocenters. The van der Waals surface area contributed by atoms with E-state index in [2.05, 4.69) is 0 Å². The molecule has 0 bridgehead atoms. The summed E-state index contributed by atoms with van der Waals surface area (Å²) in [4.78, 5) is 24.8. The van der Waals surface area contributed by atoms with Crippen molar-refractivity contribution < 1.29 is 14.7 Å². The van der Waals surface area contributed by atoms with E-state index >= 15 is 0 Å². The smallest absolute Gasteiger partial charge is 0.308 e. The molecule has 0 aliphatic carbocycles. The summed E-state index contributed by atoms with van der Waals surface area (Å²) in [6, 6.07) is -0.0965. The maximum Gasteiger partial charge on any atom is 0.308 e. The van der Waals surface area contributed by atoms with Gasteiger partial charge in [0.2, 0.25) is 5.91 Å². The second kappa shape index (κ2) is 4.85. The summed E-state index contributed by atoms with van der Waals surface area (Å²) in [7, 11) is 0. The molecule has 1 N–H and O–H groups in total. The number of hydrogen-bond donors (Lipinski definition) is 1. The van der Waals surface area contributed by atoms with E-state index in [1.54, 1.807) is 4.90 Å². The van der Waals surface area contributed by atoms with Crippen LogP contribution >= 0.6 is 0 Å². The SMILES string of the molecule is CC(C)[C@@H]1[C@@H](C(=O)O)CCC(=O)N1C(C)C. The Bertz CT molecular complexity index is 286. The fraction of sp³-hybridized carbons (Fsp3) is 0.833. The molecule has 1 saturated heterocycles. The van der Waals surface area contributed by atoms with Gasteiger partial charge in [0.15, 0.2) is 0 Å². The van der Waals surface area contributed by atoms with E-state index in [0.717, 1.165) is 0 Å². The van der Waals surface area contributed by atoms with Crippen LogP contribution in [0.1, 0.15) is 40.5 Å². The Morgan fingerprint density at radius 3 is 2.31 bits per heavy atom. The highest BCUT2D eigenvalue weighted by Crippen LogP contribution is 2.31. The summed E-state index contributed by atoms with van der Waals surface area (Å²) >= 11 is 0. The molecule has 4 heteroatoms. The van der Waals surface area contributed by atoms with Crippen LogP contribution < -0.4 is 0 Å². The van der Waals surface area contributed by atoms with Crippen LogP contribution in [-0.4, -0.2) is 34.0 Å². The average molecular weight is 227 g/mol. The Kier molecular flexibility index (Phi) is 3.94. The number of carboxylic acids is 1. The number of carbonyl (C=O) groups is 2. The van der Waals surface area contributed by atoms with Gasteiger partial charge < -0.3 is 10.0 Å². The van der Waals surface area contributed by atoms with Crippen molar-refractivity contribution >= 4 is 11.9 Å². The first-order valence-corrected chi connectivity index (χ1v) is 5.90. The molecule has 0 spiro atoms. The quantitative estimate of drug-likeness (QED) is 0.799. The molecule has 0 saturated carbocycles. The van der Waals surface area contributed by atoms with Crippen molar-refractivity contribution in [2.24, 2.45) is 11.8 Å². The highest BCUT2D eigenvalue weighted by molar-refractivity contribution is 5.81. The molecule has 1 rings (SSSR count). The Morgan fingerprint density at radius 1 is 1.38 bits per heavy atom. The molecule has 1 aliphatic heterocycles. The largest absolute Gasteiger partial charge is 0.481 e. The summed E-state index contributed by atoms with van der Waals surface area (Å²) in [5.74, 6) is -0.934. The van der Waals surface area contributed by atoms with Gasteiger partial charge in [-0.25, -0.2) is 0 Å². The van der Waals surface area contributed by atoms with E-state index in [0.29, 0.717) is 12.8 Å². The Labute approximate surface area is 96.6 Å². The van der Waals surface area contributed by atoms with Gasteiger partial charge in [-0.05, 0) is 26.2 Å². The molecular weight excluding hydrogens is 206 g/mol. The number of nitrogens with zero attached hydrogens (tertiary/aromatic N) is 1. The number of amides is 1. The lowest BCUT2D eigenvalue weighted by atomic mass is 9.81. The van der Waals surface area contributed by atoms with Crippen LogP contribution in [-0.2, 0) is 9.59 Å². The fourth-order valence-corrected chi connectivity index (χ4v) is 2.63. The van der Waals surface area contributed by atoms with E-state index in [9.17, 15) is 14.7 Å². The molecule has 16 heavy (non-hydrogen) atoms. The molecule has 92 valence electrons. The van der Waals surface area contributed by atoms with Gasteiger partial charge in [-0.1, -0.05) is 13.8 Å². The molecular formula is C12H21NO3. The van der Waals surface area contributed by atoms with Crippen molar-refractivity contribution in [2.45, 2.75) is 52.6 Å². The summed E-state index contributed by atoms with van der Waals surface area (Å²) in [6.45, 7) is 7.85. The van der Waals surface area contributed by atoms with Crippen LogP contribution in [0.3, 0.4) is 0 Å². The first kappa shape index (κ1) is 13.0. The van der Waals surface area contributed by atoms with Gasteiger partial charge in [0.1, 0.15) is 0 Å². The number of carboxylic acid groups (broad SMARTS) is 1. The Morgan fingerprint density at radius 2 is 1.94 bits per heavy atom. The third-order valence-corrected chi connectivity index (χ3v) is 3.25. The third-order valence-electron chi connectivity index (χ3n) is 3.25. The molecule has 1 heterocycles. The van der Waals surface area contributed by atoms with Crippen molar-refractivity contribution in [2.75, 3.05) is 0 Å². The number of rotatable bonds is 3. The molecule has 1 amide bonds. The van der Waals surface area contributed by atoms with Crippen LogP contribution in [0.25, 0.3) is 0 Å². The maximum absolute atomic E-state index is 11.9. The predicted octanol–water partition coefficient (Wildman–Crippen LogP) is 1.74. The minimum Gasteiger partial charge on any atom is -0.481 e. The molecule has 1 aliphatic rings. The molecule has 0 aromatic carbocycles. The van der Waals surface area contributed by atoms with Gasteiger partial charge in [0, 0.05) is 18.5 Å². The summed E-state index contributed by atoms with van der Waals surface area (Å²) < 4.78 is 0. The molecule has 1 fully saturated rings. The topological polar surface area (TPSA) is 57.6 Å². The van der Waals surface area contributed by atoms with E-state index in [-0.39, 0.29) is 23.9 Å². The van der Waals surface area contributed by atoms with Crippen LogP contribution in [0.15, 0.2) is 0 Å². The lowest BCUT2D eigenvalue weighted by Gasteiger charge is -2.44. The van der Waals surface area contributed by atoms with Crippen LogP contribution in [0.2, 0.25) is 0 Å². The van der Waals surface area contributed by atoms with Gasteiger partial charge in [-0.3, -0.25) is 9.59 Å². The Hall–Kier alpha value is -1.06. The lowest BCUT2D eigenvalue weighted by Crippen LogP contribution is -2.55. The molecule has 2 atom stereocenters. The molecule has 0 aromatic heterocycles. The van der Waals surface area contributed by atoms with Crippen molar-refractivity contribution in [1.82, 2.24) is 4.90 Å². The van der Waals surface area contributed by atoms with Crippen molar-refractivity contribution in [1.29, 1.82) is 0 Å². The predicted molar refractivity (Wildman–Crippen MR) is 61.0 cm³/mol. The van der Waals surface area contributed by atoms with Gasteiger partial charge in [-0.15, -0.1) is 0 Å².